The number of amides is 2. The lowest BCUT2D eigenvalue weighted by Gasteiger charge is -2.43. The molecule has 3 fully saturated rings. The molecule has 10 rings (SSSR count). The summed E-state index contributed by atoms with van der Waals surface area (Å²) in [5.74, 6) is -7.67. The fourth-order valence-electron chi connectivity index (χ4n) is 18.0. The van der Waals surface area contributed by atoms with Crippen molar-refractivity contribution in [2.45, 2.75) is 239 Å². The Labute approximate surface area is 800 Å². The summed E-state index contributed by atoms with van der Waals surface area (Å²) < 4.78 is 92.7. The second-order valence-corrected chi connectivity index (χ2v) is 35.9. The van der Waals surface area contributed by atoms with E-state index in [2.05, 4.69) is 48.2 Å². The number of aromatic amines is 1. The number of aromatic nitrogens is 6. The number of Topliss-reactive ketones (excluding diaryl/α,β-unsaturated/α-hetero) is 2. The summed E-state index contributed by atoms with van der Waals surface area (Å²) in [6, 6.07) is 8.39. The molecule has 5 N–H and O–H groups in total. The second kappa shape index (κ2) is 59.5. The Morgan fingerprint density at radius 2 is 1.37 bits per heavy atom. The molecule has 4 aromatic heterocycles. The number of allylic oxidation sites excluding steroid dienone is 5. The number of rotatable bonds is 44. The lowest BCUT2D eigenvalue weighted by atomic mass is 9.78. The minimum absolute atomic E-state index is 0.00621. The average Bonchev–Trinajstić information content (AvgIpc) is 1.36. The van der Waals surface area contributed by atoms with Gasteiger partial charge in [0.2, 0.25) is 11.7 Å². The topological polar surface area (TPSA) is 444 Å². The summed E-state index contributed by atoms with van der Waals surface area (Å²) in [4.78, 5) is 106. The van der Waals surface area contributed by atoms with Crippen molar-refractivity contribution in [3.63, 3.8) is 0 Å². The smallest absolute Gasteiger partial charge is 0.329 e. The first-order valence-electron chi connectivity index (χ1n) is 48.6. The zero-order chi connectivity index (χ0) is 97.7. The second-order valence-electron chi connectivity index (χ2n) is 35.9. The minimum Gasteiger partial charge on any atom is -0.461 e. The van der Waals surface area contributed by atoms with Crippen LogP contribution < -0.4 is 5.73 Å². The number of anilines is 1. The van der Waals surface area contributed by atoms with E-state index in [1.807, 2.05) is 107 Å². The molecule has 1 saturated carbocycles. The van der Waals surface area contributed by atoms with E-state index < -0.39 is 96.0 Å². The molecule has 1 unspecified atom stereocenters. The molecule has 36 heteroatoms. The fourth-order valence-corrected chi connectivity index (χ4v) is 18.0. The van der Waals surface area contributed by atoms with Gasteiger partial charge in [0, 0.05) is 120 Å². The number of H-pyrrole nitrogens is 1. The molecular weight excluding hydrogens is 1750 g/mol. The van der Waals surface area contributed by atoms with Crippen molar-refractivity contribution in [3.8, 4) is 11.3 Å². The number of nitrogens with two attached hydrogens (primary N) is 1. The summed E-state index contributed by atoms with van der Waals surface area (Å²) in [6.07, 6.45) is 18.0. The van der Waals surface area contributed by atoms with Crippen LogP contribution in [0.25, 0.3) is 43.8 Å². The number of fused-ring (bicyclic) bond motifs is 6. The van der Waals surface area contributed by atoms with E-state index in [0.717, 1.165) is 39.7 Å². The number of methoxy groups -OCH3 is 3. The molecule has 8 heterocycles. The summed E-state index contributed by atoms with van der Waals surface area (Å²) in [6.45, 7) is 28.5. The van der Waals surface area contributed by atoms with Crippen molar-refractivity contribution >= 4 is 63.2 Å². The zero-order valence-corrected chi connectivity index (χ0v) is 82.0. The van der Waals surface area contributed by atoms with E-state index >= 15 is 0 Å². The van der Waals surface area contributed by atoms with E-state index in [9.17, 15) is 44.5 Å². The maximum atomic E-state index is 14.8. The first-order valence-corrected chi connectivity index (χ1v) is 48.6. The van der Waals surface area contributed by atoms with Crippen LogP contribution in [0.5, 0.6) is 0 Å². The maximum Gasteiger partial charge on any atom is 0.329 e. The normalized spacial score (nSPS) is 26.3. The Morgan fingerprint density at radius 1 is 0.706 bits per heavy atom. The average molecular weight is 1900 g/mol. The number of hydrogen-bond acceptors (Lipinski definition) is 30. The molecule has 754 valence electrons. The standard InChI is InChI=1S/C65H106N4O18.C35H44N8O6/c1-12-80-29-30-82-33-34-84-36-35-83-32-31-81-28-18-22-58(70)85-54-26-24-50(40-57(54)78-10)39-46(5)56-42-52(67-68-66)45(4)38-48(7)60(72)61(79-11)59(71)47(6)37-43(2)19-14-13-15-20-44(3)55(77-9)41-51-25-23-49(8)65(76,87-51)62(73)63(74)69-27-17-16-21-53(69)64(75)86-56;1-2-45-11-12-47-15-16-49-18-17-48-14-13-46-10-7-30(44)42-9-6-26-19-25(3-4-28(26)23-42)22-43-35-31(33(36)39-24-40-35)32(41-43)29-20-27-5-8-37-34(27)38-21-29/h13-15,19-20,38,43,45-47,49-57,60-61,72,76H,12,16-18,21-37,39-42H2,1-11H3;3-5,8,19-21,24H,2,6-7,9-18,22-23H2,1H3,(H,37,38)(H2,36,39,40)/b15-13+,19-14+,44-20+,48-38+;/t43-,45-,46-,47-,49-,50?,51+,52+,53+,54-,55+,56+,57-,60-,61+,65-;/m1./s1. The number of cyclic esters (lactones) is 1. The number of aliphatic hydroxyl groups is 2. The number of nitrogens with zero attached hydrogens (tertiary/aromatic N) is 10. The molecule has 5 aliphatic rings. The number of esters is 2. The van der Waals surface area contributed by atoms with Gasteiger partial charge in [0.25, 0.3) is 11.7 Å². The number of aliphatic hydroxyl groups excluding tert-OH is 1. The number of nitrogens with one attached hydrogen (secondary N) is 1. The number of ether oxygens (including phenoxy) is 16. The van der Waals surface area contributed by atoms with Crippen molar-refractivity contribution in [2.75, 3.05) is 172 Å². The summed E-state index contributed by atoms with van der Waals surface area (Å²) in [5.41, 5.74) is 24.1. The van der Waals surface area contributed by atoms with Crippen molar-refractivity contribution in [1.29, 1.82) is 0 Å². The first-order chi connectivity index (χ1) is 65.8. The predicted molar refractivity (Wildman–Crippen MR) is 510 cm³/mol. The number of nitrogen functional groups attached to an aromatic ring is 1. The van der Waals surface area contributed by atoms with Crippen LogP contribution in [0.4, 0.5) is 5.82 Å². The van der Waals surface area contributed by atoms with Gasteiger partial charge < -0.3 is 107 Å². The fraction of sp³-hybridized carbons (Fsp3) is 0.680. The van der Waals surface area contributed by atoms with Crippen LogP contribution in [0, 0.1) is 35.5 Å². The Morgan fingerprint density at radius 3 is 2.01 bits per heavy atom. The van der Waals surface area contributed by atoms with Crippen LogP contribution in [-0.2, 0) is 124 Å². The molecule has 36 nitrogen and oxygen atoms in total. The van der Waals surface area contributed by atoms with Gasteiger partial charge in [0.05, 0.1) is 149 Å². The van der Waals surface area contributed by atoms with Gasteiger partial charge in [-0.3, -0.25) is 24.0 Å². The van der Waals surface area contributed by atoms with E-state index in [-0.39, 0.29) is 61.2 Å². The molecule has 136 heavy (non-hydrogen) atoms. The van der Waals surface area contributed by atoms with Gasteiger partial charge in [-0.15, -0.1) is 0 Å². The molecule has 2 saturated heterocycles. The van der Waals surface area contributed by atoms with Gasteiger partial charge in [-0.1, -0.05) is 94.4 Å². The third kappa shape index (κ3) is 34.6. The molecule has 0 spiro atoms. The highest BCUT2D eigenvalue weighted by atomic mass is 16.6. The van der Waals surface area contributed by atoms with Crippen molar-refractivity contribution in [3.05, 3.63) is 124 Å². The van der Waals surface area contributed by atoms with E-state index in [1.165, 1.54) is 23.9 Å². The maximum absolute atomic E-state index is 14.8. The van der Waals surface area contributed by atoms with E-state index in [4.69, 9.17) is 86.6 Å². The Bertz CT molecular complexity index is 4670. The number of carbonyl (C=O) groups is 6. The van der Waals surface area contributed by atoms with Crippen LogP contribution in [0.1, 0.15) is 175 Å². The highest BCUT2D eigenvalue weighted by Crippen LogP contribution is 2.40. The van der Waals surface area contributed by atoms with E-state index in [0.29, 0.717) is 257 Å². The molecule has 1 aliphatic carbocycles. The lowest BCUT2D eigenvalue weighted by molar-refractivity contribution is -0.265. The number of piperidine rings is 1. The van der Waals surface area contributed by atoms with Gasteiger partial charge in [0.1, 0.15) is 53.9 Å². The Balaban J connectivity index is 0.000000354. The van der Waals surface area contributed by atoms with Gasteiger partial charge in [-0.05, 0) is 180 Å². The SMILES string of the molecule is CCOCCOCCOCCOCCOCCC(=O)N1CCc2cc(Cn3nc(-c4cnc5[nH]ccc5c4)c4c(N)ncnc43)ccc2C1.CCOCCOCCOCCOCCOCCCC(=O)O[C@@H]1CCC(C[C@@H](C)[C@@H]2C[C@H](N=[N+]=[N-])[C@H](C)/C=C(\C)[C@@H](O)[C@@H](OC)C(=O)[C@H](C)C[C@H](C)/C=C/C=C/C=C(\C)[C@@H](OC)C[C@@H]3CC[C@@H](C)[C@@](O)(O3)C(=O)C(=O)N3CCCC[C@H]3C(=O)O2)C[C@H]1OC. The predicted octanol–water partition coefficient (Wildman–Crippen LogP) is 12.1. The van der Waals surface area contributed by atoms with Gasteiger partial charge >= 0.3 is 11.9 Å². The van der Waals surface area contributed by atoms with E-state index in [1.54, 1.807) is 40.3 Å². The summed E-state index contributed by atoms with van der Waals surface area (Å²) in [7, 11) is 4.54. The van der Waals surface area contributed by atoms with Crippen molar-refractivity contribution in [2.24, 2.45) is 40.6 Å². The van der Waals surface area contributed by atoms with Crippen molar-refractivity contribution in [1.82, 2.24) is 39.5 Å². The van der Waals surface area contributed by atoms with Crippen molar-refractivity contribution < 1.29 is 115 Å². The molecule has 1 aromatic carbocycles. The molecule has 16 atom stereocenters. The number of hydrogen-bond donors (Lipinski definition) is 4. The van der Waals surface area contributed by atoms with Crippen LogP contribution in [-0.4, -0.2) is 312 Å². The largest absolute Gasteiger partial charge is 0.461 e. The Hall–Kier alpha value is -8.89. The zero-order valence-electron chi connectivity index (χ0n) is 82.0. The van der Waals surface area contributed by atoms with Gasteiger partial charge in [-0.2, -0.15) is 5.10 Å². The quantitative estimate of drug-likeness (QED) is 0.00535. The molecular formula is C100H150N12O24. The summed E-state index contributed by atoms with van der Waals surface area (Å²) in [5, 5.41) is 34.7. The number of ketones is 2. The summed E-state index contributed by atoms with van der Waals surface area (Å²) >= 11 is 0. The third-order valence-corrected chi connectivity index (χ3v) is 25.8. The van der Waals surface area contributed by atoms with Gasteiger partial charge in [0.15, 0.2) is 11.4 Å². The number of azide groups is 1. The minimum atomic E-state index is -2.47. The Kier molecular flexibility index (Phi) is 48.5. The van der Waals surface area contributed by atoms with Crippen LogP contribution >= 0.6 is 0 Å². The molecule has 0 radical (unpaired) electrons. The first kappa shape index (κ1) is 111. The monoisotopic (exact) mass is 1900 g/mol. The molecule has 2 bridgehead atoms. The number of pyridine rings is 1. The third-order valence-electron chi connectivity index (χ3n) is 25.8. The molecule has 5 aromatic rings. The number of carbonyl (C=O) groups excluding carboxylic acids is 6. The van der Waals surface area contributed by atoms with Crippen LogP contribution in [0.15, 0.2) is 102 Å². The van der Waals surface area contributed by atoms with Crippen LogP contribution in [0.2, 0.25) is 0 Å². The molecule has 2 amide bonds. The van der Waals surface area contributed by atoms with Gasteiger partial charge in [-0.25, -0.2) is 24.4 Å². The number of benzene rings is 1. The highest BCUT2D eigenvalue weighted by Gasteiger charge is 2.53. The lowest BCUT2D eigenvalue weighted by Crippen LogP contribution is -2.61. The van der Waals surface area contributed by atoms with Crippen LogP contribution in [0.3, 0.4) is 0 Å². The molecule has 4 aliphatic heterocycles. The highest BCUT2D eigenvalue weighted by molar-refractivity contribution is 6.39.